The molecule has 0 bridgehead atoms. The lowest BCUT2D eigenvalue weighted by Crippen LogP contribution is -2.11. The van der Waals surface area contributed by atoms with Gasteiger partial charge in [-0.1, -0.05) is 18.2 Å². The Morgan fingerprint density at radius 2 is 1.93 bits per heavy atom. The van der Waals surface area contributed by atoms with E-state index in [1.165, 1.54) is 0 Å². The first-order valence-corrected chi connectivity index (χ1v) is 5.37. The van der Waals surface area contributed by atoms with Crippen molar-refractivity contribution in [1.82, 2.24) is 4.73 Å². The maximum Gasteiger partial charge on any atom is 0.240 e. The number of para-hydroxylation sites is 1. The smallest absolute Gasteiger partial charge is 0.240 e. The number of rotatable bonds is 1. The van der Waals surface area contributed by atoms with Crippen LogP contribution in [0.2, 0.25) is 0 Å². The van der Waals surface area contributed by atoms with Gasteiger partial charge in [0.25, 0.3) is 0 Å². The topological polar surface area (TPSA) is 85.3 Å². The zero-order chi connectivity index (χ0) is 10.3. The zero-order valence-electron chi connectivity index (χ0n) is 7.08. The highest BCUT2D eigenvalue weighted by molar-refractivity contribution is 7.89. The van der Waals surface area contributed by atoms with Crippen molar-refractivity contribution in [3.05, 3.63) is 30.5 Å². The van der Waals surface area contributed by atoms with Crippen LogP contribution < -0.4 is 5.14 Å². The number of fused-ring (bicyclic) bond motifs is 1. The van der Waals surface area contributed by atoms with E-state index >= 15 is 0 Å². The minimum Gasteiger partial charge on any atom is -0.428 e. The Morgan fingerprint density at radius 1 is 1.29 bits per heavy atom. The van der Waals surface area contributed by atoms with Crippen molar-refractivity contribution in [2.75, 3.05) is 0 Å². The van der Waals surface area contributed by atoms with Crippen molar-refractivity contribution >= 4 is 20.9 Å². The Hall–Kier alpha value is -1.53. The number of nitrogens with two attached hydrogens (primary N) is 1. The van der Waals surface area contributed by atoms with Crippen LogP contribution in [0.1, 0.15) is 0 Å². The number of sulfonamides is 1. The molecule has 1 aromatic heterocycles. The van der Waals surface area contributed by atoms with Crippen LogP contribution in [0.4, 0.5) is 0 Å². The summed E-state index contributed by atoms with van der Waals surface area (Å²) in [5.41, 5.74) is 0.413. The molecule has 0 saturated carbocycles. The van der Waals surface area contributed by atoms with Crippen LogP contribution in [0.15, 0.2) is 35.4 Å². The molecule has 1 aromatic carbocycles. The van der Waals surface area contributed by atoms with Gasteiger partial charge in [0.15, 0.2) is 0 Å². The van der Waals surface area contributed by atoms with E-state index in [2.05, 4.69) is 0 Å². The fraction of sp³-hybridized carbons (Fsp3) is 0. The molecule has 0 aliphatic rings. The maximum absolute atomic E-state index is 11.1. The number of aromatic nitrogens is 1. The minimum absolute atomic E-state index is 0.0735. The highest BCUT2D eigenvalue weighted by atomic mass is 32.2. The third-order valence-electron chi connectivity index (χ3n) is 1.96. The highest BCUT2D eigenvalue weighted by Crippen LogP contribution is 2.22. The lowest BCUT2D eigenvalue weighted by molar-refractivity contribution is 0.199. The fourth-order valence-corrected chi connectivity index (χ4v) is 2.08. The Kier molecular flexibility index (Phi) is 1.76. The van der Waals surface area contributed by atoms with Gasteiger partial charge in [0.2, 0.25) is 10.0 Å². The van der Waals surface area contributed by atoms with Crippen LogP contribution in [-0.4, -0.2) is 18.4 Å². The highest BCUT2D eigenvalue weighted by Gasteiger charge is 2.16. The van der Waals surface area contributed by atoms with Gasteiger partial charge in [-0.05, 0) is 6.07 Å². The van der Waals surface area contributed by atoms with Gasteiger partial charge in [-0.15, -0.1) is 0 Å². The van der Waals surface area contributed by atoms with E-state index in [4.69, 9.17) is 5.14 Å². The van der Waals surface area contributed by atoms with E-state index in [0.29, 0.717) is 10.9 Å². The molecule has 1 heterocycles. The number of hydrogen-bond donors (Lipinski definition) is 2. The first-order valence-electron chi connectivity index (χ1n) is 3.82. The molecule has 5 nitrogen and oxygen atoms in total. The first-order chi connectivity index (χ1) is 6.50. The van der Waals surface area contributed by atoms with Crippen LogP contribution in [0, 0.1) is 0 Å². The van der Waals surface area contributed by atoms with Gasteiger partial charge < -0.3 is 5.21 Å². The molecule has 0 unspecified atom stereocenters. The molecular formula is C8H8N2O3S. The van der Waals surface area contributed by atoms with Crippen LogP contribution in [0.3, 0.4) is 0 Å². The van der Waals surface area contributed by atoms with Gasteiger partial charge >= 0.3 is 0 Å². The average Bonchev–Trinajstić information content (AvgIpc) is 2.44. The number of hydrogen-bond acceptors (Lipinski definition) is 3. The minimum atomic E-state index is -3.79. The molecule has 14 heavy (non-hydrogen) atoms. The third-order valence-corrected chi connectivity index (χ3v) is 2.90. The molecule has 2 rings (SSSR count). The average molecular weight is 212 g/mol. The molecule has 74 valence electrons. The van der Waals surface area contributed by atoms with E-state index in [1.807, 2.05) is 0 Å². The summed E-state index contributed by atoms with van der Waals surface area (Å²) in [5.74, 6) is 0. The fourth-order valence-electron chi connectivity index (χ4n) is 1.36. The Balaban J connectivity index is 2.93. The molecule has 0 atom stereocenters. The van der Waals surface area contributed by atoms with Crippen molar-refractivity contribution in [2.45, 2.75) is 4.90 Å². The molecule has 0 fully saturated rings. The maximum atomic E-state index is 11.1. The predicted molar refractivity (Wildman–Crippen MR) is 50.5 cm³/mol. The van der Waals surface area contributed by atoms with Crippen LogP contribution in [-0.2, 0) is 10.0 Å². The van der Waals surface area contributed by atoms with E-state index < -0.39 is 10.0 Å². The van der Waals surface area contributed by atoms with Crippen LogP contribution in [0.5, 0.6) is 0 Å². The van der Waals surface area contributed by atoms with E-state index in [1.54, 1.807) is 24.3 Å². The molecule has 0 aliphatic heterocycles. The number of benzene rings is 1. The van der Waals surface area contributed by atoms with E-state index in [9.17, 15) is 13.6 Å². The van der Waals surface area contributed by atoms with Crippen LogP contribution in [0.25, 0.3) is 10.9 Å². The van der Waals surface area contributed by atoms with E-state index in [0.717, 1.165) is 10.9 Å². The Bertz CT molecular complexity index is 586. The summed E-state index contributed by atoms with van der Waals surface area (Å²) >= 11 is 0. The normalized spacial score (nSPS) is 12.1. The summed E-state index contributed by atoms with van der Waals surface area (Å²) in [6.07, 6.45) is 1.08. The quantitative estimate of drug-likeness (QED) is 0.676. The summed E-state index contributed by atoms with van der Waals surface area (Å²) in [4.78, 5) is -0.0735. The van der Waals surface area contributed by atoms with Crippen molar-refractivity contribution in [3.8, 4) is 0 Å². The van der Waals surface area contributed by atoms with Gasteiger partial charge in [-0.2, -0.15) is 4.73 Å². The molecule has 3 N–H and O–H groups in total. The van der Waals surface area contributed by atoms with Gasteiger partial charge in [-0.25, -0.2) is 13.6 Å². The summed E-state index contributed by atoms with van der Waals surface area (Å²) in [7, 11) is -3.79. The Morgan fingerprint density at radius 3 is 2.57 bits per heavy atom. The monoisotopic (exact) mass is 212 g/mol. The first kappa shape index (κ1) is 9.04. The summed E-state index contributed by atoms with van der Waals surface area (Å²) < 4.78 is 23.0. The predicted octanol–water partition coefficient (Wildman–Crippen LogP) is 0.526. The largest absolute Gasteiger partial charge is 0.428 e. The lowest BCUT2D eigenvalue weighted by atomic mass is 10.2. The van der Waals surface area contributed by atoms with Gasteiger partial charge in [0.05, 0.1) is 11.7 Å². The SMILES string of the molecule is NS(=O)(=O)c1cn(O)c2ccccc12. The molecule has 0 aliphatic carbocycles. The van der Waals surface area contributed by atoms with Crippen molar-refractivity contribution in [2.24, 2.45) is 5.14 Å². The van der Waals surface area contributed by atoms with Gasteiger partial charge in [0, 0.05) is 5.39 Å². The molecule has 0 spiro atoms. The second-order valence-electron chi connectivity index (χ2n) is 2.90. The van der Waals surface area contributed by atoms with Gasteiger partial charge in [0.1, 0.15) is 4.90 Å². The summed E-state index contributed by atoms with van der Waals surface area (Å²) in [6.45, 7) is 0. The molecule has 0 radical (unpaired) electrons. The Labute approximate surface area is 80.4 Å². The lowest BCUT2D eigenvalue weighted by Gasteiger charge is -1.93. The van der Waals surface area contributed by atoms with Crippen molar-refractivity contribution < 1.29 is 13.6 Å². The van der Waals surface area contributed by atoms with Crippen molar-refractivity contribution in [1.29, 1.82) is 0 Å². The summed E-state index contributed by atoms with van der Waals surface area (Å²) in [5, 5.41) is 14.8. The van der Waals surface area contributed by atoms with E-state index in [-0.39, 0.29) is 4.90 Å². The van der Waals surface area contributed by atoms with Gasteiger partial charge in [-0.3, -0.25) is 0 Å². The van der Waals surface area contributed by atoms with Crippen molar-refractivity contribution in [3.63, 3.8) is 0 Å². The second kappa shape index (κ2) is 2.73. The third kappa shape index (κ3) is 1.24. The molecule has 2 aromatic rings. The molecule has 0 saturated heterocycles. The standard InChI is InChI=1S/C8H8N2O3S/c9-14(12,13)8-5-10(11)7-4-2-1-3-6(7)8/h1-5,11H,(H2,9,12,13). The zero-order valence-corrected chi connectivity index (χ0v) is 7.90. The molecular weight excluding hydrogens is 204 g/mol. The molecule has 6 heteroatoms. The number of nitrogens with zero attached hydrogens (tertiary/aromatic N) is 1. The number of primary sulfonamides is 1. The molecule has 0 amide bonds. The summed E-state index contributed by atoms with van der Waals surface area (Å²) in [6, 6.07) is 6.56. The van der Waals surface area contributed by atoms with Crippen LogP contribution >= 0.6 is 0 Å². The second-order valence-corrected chi connectivity index (χ2v) is 4.43.